The number of nitro benzene ring substituents is 1. The number of nitrogens with zero attached hydrogens (tertiary/aromatic N) is 1. The van der Waals surface area contributed by atoms with Gasteiger partial charge in [-0.15, -0.1) is 0 Å². The summed E-state index contributed by atoms with van der Waals surface area (Å²) in [6.07, 6.45) is 0.429. The second kappa shape index (κ2) is 7.36. The van der Waals surface area contributed by atoms with Crippen molar-refractivity contribution in [3.05, 3.63) is 39.9 Å². The van der Waals surface area contributed by atoms with E-state index in [1.54, 1.807) is 18.2 Å². The van der Waals surface area contributed by atoms with Gasteiger partial charge in [0.1, 0.15) is 0 Å². The normalized spacial score (nSPS) is 10.1. The van der Waals surface area contributed by atoms with Crippen LogP contribution in [-0.4, -0.2) is 31.2 Å². The molecule has 7 heteroatoms. The topological polar surface area (TPSA) is 90.7 Å². The van der Waals surface area contributed by atoms with E-state index in [9.17, 15) is 14.9 Å². The molecule has 0 heterocycles. The quantitative estimate of drug-likeness (QED) is 0.335. The number of nitrogens with one attached hydrogen (secondary N) is 1. The summed E-state index contributed by atoms with van der Waals surface area (Å²) in [6.45, 7) is 0.162. The zero-order valence-electron chi connectivity index (χ0n) is 9.92. The Bertz CT molecular complexity index is 422. The van der Waals surface area contributed by atoms with E-state index in [0.29, 0.717) is 18.5 Å². The third-order valence-corrected chi connectivity index (χ3v) is 2.20. The molecule has 98 valence electrons. The van der Waals surface area contributed by atoms with Crippen LogP contribution in [0, 0.1) is 10.1 Å². The molecule has 1 rings (SSSR count). The number of benzene rings is 1. The van der Waals surface area contributed by atoms with Crippen LogP contribution in [0.2, 0.25) is 0 Å². The van der Waals surface area contributed by atoms with Crippen LogP contribution in [0.3, 0.4) is 0 Å². The lowest BCUT2D eigenvalue weighted by molar-refractivity contribution is -0.385. The van der Waals surface area contributed by atoms with Gasteiger partial charge in [0.25, 0.3) is 5.69 Å². The first-order valence-electron chi connectivity index (χ1n) is 5.29. The standard InChI is InChI=1S/C11H14N2O5/c1-17-11(14)8-18-12-7-6-9-4-2-3-5-10(9)13(15)16/h2-5,12H,6-8H2,1H3. The Morgan fingerprint density at radius 2 is 2.17 bits per heavy atom. The Morgan fingerprint density at radius 1 is 1.44 bits per heavy atom. The summed E-state index contributed by atoms with van der Waals surface area (Å²) >= 11 is 0. The zero-order chi connectivity index (χ0) is 13.4. The summed E-state index contributed by atoms with van der Waals surface area (Å²) in [7, 11) is 1.26. The second-order valence-corrected chi connectivity index (χ2v) is 3.39. The molecule has 1 N–H and O–H groups in total. The number of hydrogen-bond donors (Lipinski definition) is 1. The molecule has 0 aliphatic heterocycles. The largest absolute Gasteiger partial charge is 0.467 e. The van der Waals surface area contributed by atoms with Crippen LogP contribution < -0.4 is 5.48 Å². The van der Waals surface area contributed by atoms with Gasteiger partial charge < -0.3 is 4.74 Å². The van der Waals surface area contributed by atoms with Gasteiger partial charge in [0.15, 0.2) is 6.61 Å². The fourth-order valence-corrected chi connectivity index (χ4v) is 1.33. The molecular formula is C11H14N2O5. The van der Waals surface area contributed by atoms with Crippen molar-refractivity contribution in [2.24, 2.45) is 0 Å². The number of hydroxylamine groups is 1. The summed E-state index contributed by atoms with van der Waals surface area (Å²) in [4.78, 5) is 25.8. The Hall–Kier alpha value is -1.99. The molecule has 0 aromatic heterocycles. The lowest BCUT2D eigenvalue weighted by atomic mass is 10.1. The average molecular weight is 254 g/mol. The van der Waals surface area contributed by atoms with Gasteiger partial charge in [-0.3, -0.25) is 15.0 Å². The number of nitro groups is 1. The minimum atomic E-state index is -0.492. The van der Waals surface area contributed by atoms with Crippen LogP contribution in [0.4, 0.5) is 5.69 Å². The van der Waals surface area contributed by atoms with E-state index >= 15 is 0 Å². The average Bonchev–Trinajstić information content (AvgIpc) is 2.38. The van der Waals surface area contributed by atoms with Crippen molar-refractivity contribution in [3.63, 3.8) is 0 Å². The number of ether oxygens (including phenoxy) is 1. The smallest absolute Gasteiger partial charge is 0.333 e. The lowest BCUT2D eigenvalue weighted by Gasteiger charge is -2.05. The Balaban J connectivity index is 2.35. The molecule has 1 aromatic carbocycles. The van der Waals surface area contributed by atoms with Crippen molar-refractivity contribution >= 4 is 11.7 Å². The maximum Gasteiger partial charge on any atom is 0.333 e. The number of carbonyl (C=O) groups is 1. The SMILES string of the molecule is COC(=O)CONCCc1ccccc1[N+](=O)[O-]. The highest BCUT2D eigenvalue weighted by Gasteiger charge is 2.11. The van der Waals surface area contributed by atoms with Gasteiger partial charge >= 0.3 is 5.97 Å². The van der Waals surface area contributed by atoms with Crippen LogP contribution in [0.1, 0.15) is 5.56 Å². The van der Waals surface area contributed by atoms with Gasteiger partial charge in [0.05, 0.1) is 12.0 Å². The number of hydrogen-bond acceptors (Lipinski definition) is 6. The Morgan fingerprint density at radius 3 is 2.83 bits per heavy atom. The fourth-order valence-electron chi connectivity index (χ4n) is 1.33. The maximum absolute atomic E-state index is 10.7. The Kier molecular flexibility index (Phi) is 5.75. The Labute approximate surface area is 104 Å². The van der Waals surface area contributed by atoms with Gasteiger partial charge in [0.2, 0.25) is 0 Å². The van der Waals surface area contributed by atoms with Crippen molar-refractivity contribution in [3.8, 4) is 0 Å². The van der Waals surface area contributed by atoms with Gasteiger partial charge in [0, 0.05) is 18.2 Å². The maximum atomic E-state index is 10.7. The molecule has 0 saturated heterocycles. The molecule has 0 bridgehead atoms. The van der Waals surface area contributed by atoms with Crippen LogP contribution in [0.15, 0.2) is 24.3 Å². The van der Waals surface area contributed by atoms with E-state index in [4.69, 9.17) is 4.84 Å². The van der Waals surface area contributed by atoms with Crippen molar-refractivity contribution in [1.82, 2.24) is 5.48 Å². The van der Waals surface area contributed by atoms with E-state index in [1.165, 1.54) is 13.2 Å². The number of carbonyl (C=O) groups excluding carboxylic acids is 1. The van der Waals surface area contributed by atoms with E-state index in [2.05, 4.69) is 10.2 Å². The molecule has 18 heavy (non-hydrogen) atoms. The second-order valence-electron chi connectivity index (χ2n) is 3.39. The molecule has 0 aliphatic rings. The first-order chi connectivity index (χ1) is 8.65. The van der Waals surface area contributed by atoms with Crippen LogP contribution >= 0.6 is 0 Å². The monoisotopic (exact) mass is 254 g/mol. The van der Waals surface area contributed by atoms with Crippen LogP contribution in [0.5, 0.6) is 0 Å². The molecule has 0 radical (unpaired) electrons. The molecule has 0 spiro atoms. The summed E-state index contributed by atoms with van der Waals surface area (Å²) in [6, 6.07) is 6.48. The van der Waals surface area contributed by atoms with Crippen LogP contribution in [-0.2, 0) is 20.8 Å². The first-order valence-corrected chi connectivity index (χ1v) is 5.29. The predicted octanol–water partition coefficient (Wildman–Crippen LogP) is 0.831. The molecule has 0 fully saturated rings. The molecule has 7 nitrogen and oxygen atoms in total. The predicted molar refractivity (Wildman–Crippen MR) is 62.8 cm³/mol. The molecular weight excluding hydrogens is 240 g/mol. The van der Waals surface area contributed by atoms with Crippen molar-refractivity contribution < 1.29 is 19.3 Å². The van der Waals surface area contributed by atoms with E-state index < -0.39 is 10.9 Å². The summed E-state index contributed by atoms with van der Waals surface area (Å²) in [5.41, 5.74) is 3.23. The van der Waals surface area contributed by atoms with E-state index in [0.717, 1.165) is 0 Å². The highest BCUT2D eigenvalue weighted by atomic mass is 16.7. The molecule has 0 amide bonds. The lowest BCUT2D eigenvalue weighted by Crippen LogP contribution is -2.23. The highest BCUT2D eigenvalue weighted by Crippen LogP contribution is 2.17. The molecule has 0 unspecified atom stereocenters. The summed E-state index contributed by atoms with van der Waals surface area (Å²) < 4.78 is 4.37. The molecule has 0 saturated carbocycles. The van der Waals surface area contributed by atoms with Crippen LogP contribution in [0.25, 0.3) is 0 Å². The zero-order valence-corrected chi connectivity index (χ0v) is 9.92. The fraction of sp³-hybridized carbons (Fsp3) is 0.364. The summed E-state index contributed by atoms with van der Waals surface area (Å²) in [5.74, 6) is -0.492. The third kappa shape index (κ3) is 4.48. The van der Waals surface area contributed by atoms with Gasteiger partial charge in [-0.1, -0.05) is 18.2 Å². The molecule has 0 aliphatic carbocycles. The number of esters is 1. The van der Waals surface area contributed by atoms with Crippen molar-refractivity contribution in [2.75, 3.05) is 20.3 Å². The molecule has 1 aromatic rings. The number of rotatable bonds is 7. The van der Waals surface area contributed by atoms with Crippen molar-refractivity contribution in [2.45, 2.75) is 6.42 Å². The van der Waals surface area contributed by atoms with Gasteiger partial charge in [-0.25, -0.2) is 10.3 Å². The number of para-hydroxylation sites is 1. The van der Waals surface area contributed by atoms with E-state index in [-0.39, 0.29) is 12.3 Å². The number of methoxy groups -OCH3 is 1. The third-order valence-electron chi connectivity index (χ3n) is 2.20. The van der Waals surface area contributed by atoms with Gasteiger partial charge in [-0.2, -0.15) is 0 Å². The van der Waals surface area contributed by atoms with E-state index in [1.807, 2.05) is 0 Å². The van der Waals surface area contributed by atoms with Crippen molar-refractivity contribution in [1.29, 1.82) is 0 Å². The van der Waals surface area contributed by atoms with Gasteiger partial charge in [-0.05, 0) is 6.42 Å². The summed E-state index contributed by atoms with van der Waals surface area (Å²) in [5, 5.41) is 10.7. The minimum absolute atomic E-state index is 0.0762. The molecule has 0 atom stereocenters. The first kappa shape index (κ1) is 14.1. The highest BCUT2D eigenvalue weighted by molar-refractivity contribution is 5.70. The minimum Gasteiger partial charge on any atom is -0.467 e.